The van der Waals surface area contributed by atoms with Gasteiger partial charge in [-0.05, 0) is 37.1 Å². The highest BCUT2D eigenvalue weighted by molar-refractivity contribution is 5.90. The van der Waals surface area contributed by atoms with Crippen molar-refractivity contribution in [3.05, 3.63) is 58.7 Å². The fraction of sp³-hybridized carbons (Fsp3) is 0.235. The number of nitrogens with one attached hydrogen (secondary N) is 1. The first-order valence-corrected chi connectivity index (χ1v) is 8.01. The summed E-state index contributed by atoms with van der Waals surface area (Å²) in [5, 5.41) is 6.43. The molecular weight excluding hydrogens is 346 g/mol. The van der Waals surface area contributed by atoms with Crippen LogP contribution < -0.4 is 11.0 Å². The number of amides is 1. The number of rotatable bonds is 5. The van der Waals surface area contributed by atoms with E-state index in [9.17, 15) is 18.4 Å². The number of carbonyl (C=O) groups is 1. The van der Waals surface area contributed by atoms with Gasteiger partial charge in [0.15, 0.2) is 5.76 Å². The first-order valence-electron chi connectivity index (χ1n) is 8.01. The first-order chi connectivity index (χ1) is 12.5. The van der Waals surface area contributed by atoms with Gasteiger partial charge in [0.25, 0.3) is 0 Å². The second-order valence-corrected chi connectivity index (χ2v) is 6.01. The molecule has 1 aliphatic carbocycles. The topological polar surface area (TPSA) is 82.1 Å². The SMILES string of the molecule is O=C(Cn1nc(-c2ccco2)n(C2CC2)c1=O)Nc1cc(F)ccc1F. The molecule has 134 valence electrons. The van der Waals surface area contributed by atoms with Crippen LogP contribution in [0.3, 0.4) is 0 Å². The quantitative estimate of drug-likeness (QED) is 0.758. The van der Waals surface area contributed by atoms with Gasteiger partial charge in [-0.3, -0.25) is 9.36 Å². The van der Waals surface area contributed by atoms with Gasteiger partial charge in [0.2, 0.25) is 11.7 Å². The summed E-state index contributed by atoms with van der Waals surface area (Å²) in [5.41, 5.74) is -0.746. The van der Waals surface area contributed by atoms with E-state index in [-0.39, 0.29) is 11.7 Å². The van der Waals surface area contributed by atoms with E-state index in [1.807, 2.05) is 0 Å². The van der Waals surface area contributed by atoms with E-state index in [1.54, 1.807) is 12.1 Å². The molecule has 26 heavy (non-hydrogen) atoms. The molecule has 1 fully saturated rings. The number of hydrogen-bond acceptors (Lipinski definition) is 4. The van der Waals surface area contributed by atoms with E-state index < -0.39 is 29.8 Å². The highest BCUT2D eigenvalue weighted by atomic mass is 19.1. The van der Waals surface area contributed by atoms with Gasteiger partial charge >= 0.3 is 5.69 Å². The molecule has 1 amide bonds. The summed E-state index contributed by atoms with van der Waals surface area (Å²) < 4.78 is 34.6. The van der Waals surface area contributed by atoms with Crippen LogP contribution in [-0.4, -0.2) is 20.3 Å². The molecule has 0 bridgehead atoms. The number of aromatic nitrogens is 3. The Morgan fingerprint density at radius 2 is 2.12 bits per heavy atom. The lowest BCUT2D eigenvalue weighted by molar-refractivity contribution is -0.117. The zero-order valence-electron chi connectivity index (χ0n) is 13.5. The lowest BCUT2D eigenvalue weighted by atomic mass is 10.3. The van der Waals surface area contributed by atoms with Gasteiger partial charge in [0.05, 0.1) is 12.0 Å². The summed E-state index contributed by atoms with van der Waals surface area (Å²) in [7, 11) is 0. The zero-order chi connectivity index (χ0) is 18.3. The molecule has 2 heterocycles. The van der Waals surface area contributed by atoms with Crippen molar-refractivity contribution in [2.45, 2.75) is 25.4 Å². The molecule has 2 aromatic heterocycles. The highest BCUT2D eigenvalue weighted by Crippen LogP contribution is 2.36. The molecule has 0 spiro atoms. The van der Waals surface area contributed by atoms with Gasteiger partial charge in [-0.1, -0.05) is 0 Å². The normalized spacial score (nSPS) is 13.8. The minimum atomic E-state index is -0.771. The van der Waals surface area contributed by atoms with Crippen LogP contribution in [0.1, 0.15) is 18.9 Å². The lowest BCUT2D eigenvalue weighted by Crippen LogP contribution is -2.30. The summed E-state index contributed by atoms with van der Waals surface area (Å²) in [6, 6.07) is 6.10. The Kier molecular flexibility index (Phi) is 3.90. The van der Waals surface area contributed by atoms with Crippen LogP contribution in [0.2, 0.25) is 0 Å². The number of anilines is 1. The van der Waals surface area contributed by atoms with Gasteiger partial charge in [-0.25, -0.2) is 18.3 Å². The molecule has 7 nitrogen and oxygen atoms in total. The van der Waals surface area contributed by atoms with E-state index in [2.05, 4.69) is 10.4 Å². The molecule has 1 aromatic carbocycles. The maximum absolute atomic E-state index is 13.6. The van der Waals surface area contributed by atoms with Crippen LogP contribution in [0.15, 0.2) is 45.8 Å². The van der Waals surface area contributed by atoms with E-state index >= 15 is 0 Å². The Morgan fingerprint density at radius 1 is 1.31 bits per heavy atom. The predicted molar refractivity (Wildman–Crippen MR) is 87.4 cm³/mol. The number of furan rings is 1. The van der Waals surface area contributed by atoms with Crippen LogP contribution in [0.25, 0.3) is 11.6 Å². The van der Waals surface area contributed by atoms with Crippen molar-refractivity contribution in [1.29, 1.82) is 0 Å². The maximum atomic E-state index is 13.6. The van der Waals surface area contributed by atoms with Crippen LogP contribution in [0.4, 0.5) is 14.5 Å². The smallest absolute Gasteiger partial charge is 0.347 e. The third-order valence-electron chi connectivity index (χ3n) is 4.02. The molecule has 1 aliphatic rings. The van der Waals surface area contributed by atoms with Crippen LogP contribution in [0.5, 0.6) is 0 Å². The Hall–Kier alpha value is -3.23. The van der Waals surface area contributed by atoms with Crippen molar-refractivity contribution < 1.29 is 18.0 Å². The minimum absolute atomic E-state index is 0.0278. The summed E-state index contributed by atoms with van der Waals surface area (Å²) in [6.45, 7) is -0.428. The molecule has 0 aliphatic heterocycles. The van der Waals surface area contributed by atoms with Crippen molar-refractivity contribution in [2.75, 3.05) is 5.32 Å². The van der Waals surface area contributed by atoms with Crippen LogP contribution >= 0.6 is 0 Å². The number of carbonyl (C=O) groups excluding carboxylic acids is 1. The third kappa shape index (κ3) is 3.03. The average molecular weight is 360 g/mol. The molecule has 0 saturated heterocycles. The lowest BCUT2D eigenvalue weighted by Gasteiger charge is -2.06. The molecule has 3 aromatic rings. The summed E-state index contributed by atoms with van der Waals surface area (Å²) in [5.74, 6) is -1.39. The zero-order valence-corrected chi connectivity index (χ0v) is 13.5. The van der Waals surface area contributed by atoms with E-state index in [1.165, 1.54) is 10.8 Å². The van der Waals surface area contributed by atoms with E-state index in [0.29, 0.717) is 11.6 Å². The number of benzene rings is 1. The van der Waals surface area contributed by atoms with Crippen molar-refractivity contribution >= 4 is 11.6 Å². The molecule has 4 rings (SSSR count). The first kappa shape index (κ1) is 16.2. The molecule has 0 atom stereocenters. The minimum Gasteiger partial charge on any atom is -0.461 e. The molecule has 1 N–H and O–H groups in total. The molecule has 1 saturated carbocycles. The summed E-state index contributed by atoms with van der Waals surface area (Å²) in [6.07, 6.45) is 3.16. The molecule has 0 radical (unpaired) electrons. The molecule has 0 unspecified atom stereocenters. The van der Waals surface area contributed by atoms with Crippen molar-refractivity contribution in [1.82, 2.24) is 14.3 Å². The summed E-state index contributed by atoms with van der Waals surface area (Å²) in [4.78, 5) is 24.7. The summed E-state index contributed by atoms with van der Waals surface area (Å²) >= 11 is 0. The van der Waals surface area contributed by atoms with Gasteiger partial charge in [0, 0.05) is 12.1 Å². The molecular formula is C17H14F2N4O3. The monoisotopic (exact) mass is 360 g/mol. The van der Waals surface area contributed by atoms with Crippen LogP contribution in [-0.2, 0) is 11.3 Å². The Balaban J connectivity index is 1.60. The fourth-order valence-electron chi connectivity index (χ4n) is 2.68. The van der Waals surface area contributed by atoms with Crippen molar-refractivity contribution in [2.24, 2.45) is 0 Å². The predicted octanol–water partition coefficient (Wildman–Crippen LogP) is 2.56. The van der Waals surface area contributed by atoms with Crippen LogP contribution in [0, 0.1) is 11.6 Å². The number of halogens is 2. The standard InChI is InChI=1S/C17H14F2N4O3/c18-10-3-6-12(19)13(8-10)20-15(24)9-22-17(25)23(11-4-5-11)16(21-22)14-2-1-7-26-14/h1-3,6-8,11H,4-5,9H2,(H,20,24). The number of hydrogen-bond donors (Lipinski definition) is 1. The van der Waals surface area contributed by atoms with E-state index in [4.69, 9.17) is 4.42 Å². The van der Waals surface area contributed by atoms with E-state index in [0.717, 1.165) is 35.7 Å². The average Bonchev–Trinajstić information content (AvgIpc) is 3.18. The Morgan fingerprint density at radius 3 is 2.81 bits per heavy atom. The second kappa shape index (κ2) is 6.25. The fourth-order valence-corrected chi connectivity index (χ4v) is 2.68. The van der Waals surface area contributed by atoms with Crippen molar-refractivity contribution in [3.63, 3.8) is 0 Å². The van der Waals surface area contributed by atoms with Gasteiger partial charge in [0.1, 0.15) is 18.2 Å². The van der Waals surface area contributed by atoms with Gasteiger partial charge < -0.3 is 9.73 Å². The van der Waals surface area contributed by atoms with Gasteiger partial charge in [-0.15, -0.1) is 5.10 Å². The second-order valence-electron chi connectivity index (χ2n) is 6.01. The Labute approximate surface area is 145 Å². The number of nitrogens with zero attached hydrogens (tertiary/aromatic N) is 3. The molecule has 9 heteroatoms. The largest absolute Gasteiger partial charge is 0.461 e. The van der Waals surface area contributed by atoms with Crippen molar-refractivity contribution in [3.8, 4) is 11.6 Å². The highest BCUT2D eigenvalue weighted by Gasteiger charge is 2.31. The van der Waals surface area contributed by atoms with Gasteiger partial charge in [-0.2, -0.15) is 0 Å². The Bertz CT molecular complexity index is 1020. The third-order valence-corrected chi connectivity index (χ3v) is 4.02. The maximum Gasteiger partial charge on any atom is 0.347 e.